The van der Waals surface area contributed by atoms with Gasteiger partial charge in [0.2, 0.25) is 0 Å². The molecule has 0 saturated carbocycles. The molecule has 2 N–H and O–H groups in total. The molecule has 0 atom stereocenters. The number of rotatable bonds is 3. The fourth-order valence-corrected chi connectivity index (χ4v) is 4.10. The van der Waals surface area contributed by atoms with Gasteiger partial charge in [-0.1, -0.05) is 41.4 Å². The van der Waals surface area contributed by atoms with Crippen molar-refractivity contribution in [1.29, 1.82) is 0 Å². The summed E-state index contributed by atoms with van der Waals surface area (Å²) in [6.07, 6.45) is 0. The molecule has 0 radical (unpaired) electrons. The largest absolute Gasteiger partial charge is 0.358 e. The molecule has 1 heterocycles. The molecule has 3 rings (SSSR count). The summed E-state index contributed by atoms with van der Waals surface area (Å²) in [6, 6.07) is 13.7. The third-order valence-electron chi connectivity index (χ3n) is 3.53. The van der Waals surface area contributed by atoms with E-state index in [1.54, 1.807) is 23.5 Å². The molecule has 0 saturated heterocycles. The van der Waals surface area contributed by atoms with Crippen molar-refractivity contribution in [3.8, 4) is 0 Å². The van der Waals surface area contributed by atoms with Gasteiger partial charge in [-0.15, -0.1) is 11.3 Å². The molecule has 23 heavy (non-hydrogen) atoms. The van der Waals surface area contributed by atoms with E-state index in [0.29, 0.717) is 21.7 Å². The maximum absolute atomic E-state index is 6.14. The molecule has 0 amide bonds. The van der Waals surface area contributed by atoms with Crippen molar-refractivity contribution in [3.05, 3.63) is 63.0 Å². The normalized spacial score (nSPS) is 10.7. The van der Waals surface area contributed by atoms with E-state index >= 15 is 0 Å². The zero-order valence-corrected chi connectivity index (χ0v) is 15.5. The first-order valence-corrected chi connectivity index (χ1v) is 8.99. The molecular formula is C17H14Cl2N2S2. The molecule has 0 aliphatic heterocycles. The standard InChI is InChI=1S/C17H14Cl2N2S2/c1-10-12-4-2-3-5-15(12)23-16(10)9-20-17(22)21-14-7-6-11(18)8-13(14)19/h2-8H,9H2,1H3,(H2,20,21,22). The minimum Gasteiger partial charge on any atom is -0.358 e. The smallest absolute Gasteiger partial charge is 0.171 e. The molecule has 0 fully saturated rings. The molecule has 0 aliphatic carbocycles. The van der Waals surface area contributed by atoms with Crippen molar-refractivity contribution in [2.45, 2.75) is 13.5 Å². The Labute approximate surface area is 154 Å². The summed E-state index contributed by atoms with van der Waals surface area (Å²) in [5, 5.41) is 9.30. The minimum absolute atomic E-state index is 0.533. The van der Waals surface area contributed by atoms with Crippen LogP contribution < -0.4 is 10.6 Å². The summed E-state index contributed by atoms with van der Waals surface area (Å²) in [4.78, 5) is 1.28. The van der Waals surface area contributed by atoms with Crippen LogP contribution in [-0.4, -0.2) is 5.11 Å². The number of halogens is 2. The van der Waals surface area contributed by atoms with Crippen molar-refractivity contribution in [2.24, 2.45) is 0 Å². The maximum atomic E-state index is 6.14. The van der Waals surface area contributed by atoms with Crippen LogP contribution in [0, 0.1) is 6.92 Å². The highest BCUT2D eigenvalue weighted by molar-refractivity contribution is 7.80. The van der Waals surface area contributed by atoms with Crippen LogP contribution in [-0.2, 0) is 6.54 Å². The third kappa shape index (κ3) is 3.78. The topological polar surface area (TPSA) is 24.1 Å². The number of thiophene rings is 1. The number of thiocarbonyl (C=S) groups is 1. The lowest BCUT2D eigenvalue weighted by atomic mass is 10.1. The van der Waals surface area contributed by atoms with Gasteiger partial charge in [0.05, 0.1) is 17.3 Å². The molecule has 0 unspecified atom stereocenters. The van der Waals surface area contributed by atoms with Gasteiger partial charge >= 0.3 is 0 Å². The van der Waals surface area contributed by atoms with Crippen molar-refractivity contribution in [1.82, 2.24) is 5.32 Å². The Hall–Kier alpha value is -1.33. The van der Waals surface area contributed by atoms with Crippen molar-refractivity contribution in [3.63, 3.8) is 0 Å². The highest BCUT2D eigenvalue weighted by Gasteiger charge is 2.09. The van der Waals surface area contributed by atoms with Gasteiger partial charge in [0, 0.05) is 14.6 Å². The van der Waals surface area contributed by atoms with E-state index in [-0.39, 0.29) is 0 Å². The molecule has 2 nitrogen and oxygen atoms in total. The summed E-state index contributed by atoms with van der Waals surface area (Å²) in [5.74, 6) is 0. The molecule has 0 spiro atoms. The first-order valence-electron chi connectivity index (χ1n) is 7.01. The van der Waals surface area contributed by atoms with E-state index < -0.39 is 0 Å². The second kappa shape index (κ2) is 7.05. The Bertz CT molecular complexity index is 874. The Morgan fingerprint density at radius 2 is 1.96 bits per heavy atom. The summed E-state index contributed by atoms with van der Waals surface area (Å²) in [7, 11) is 0. The number of hydrogen-bond acceptors (Lipinski definition) is 2. The highest BCUT2D eigenvalue weighted by Crippen LogP contribution is 2.30. The van der Waals surface area contributed by atoms with Gasteiger partial charge in [0.1, 0.15) is 0 Å². The first-order chi connectivity index (χ1) is 11.0. The van der Waals surface area contributed by atoms with Crippen LogP contribution in [0.4, 0.5) is 5.69 Å². The average Bonchev–Trinajstić information content (AvgIpc) is 2.85. The van der Waals surface area contributed by atoms with Gasteiger partial charge in [0.25, 0.3) is 0 Å². The Morgan fingerprint density at radius 3 is 2.70 bits per heavy atom. The van der Waals surface area contributed by atoms with Crippen LogP contribution in [0.25, 0.3) is 10.1 Å². The number of aryl methyl sites for hydroxylation is 1. The van der Waals surface area contributed by atoms with Gasteiger partial charge in [-0.3, -0.25) is 0 Å². The zero-order valence-electron chi connectivity index (χ0n) is 12.3. The van der Waals surface area contributed by atoms with Crippen LogP contribution >= 0.6 is 46.8 Å². The number of fused-ring (bicyclic) bond motifs is 1. The van der Waals surface area contributed by atoms with E-state index in [4.69, 9.17) is 35.4 Å². The molecule has 0 aliphatic rings. The molecule has 1 aromatic heterocycles. The Balaban J connectivity index is 1.67. The predicted molar refractivity (Wildman–Crippen MR) is 106 cm³/mol. The summed E-state index contributed by atoms with van der Waals surface area (Å²) in [6.45, 7) is 2.82. The lowest BCUT2D eigenvalue weighted by molar-refractivity contribution is 0.939. The fraction of sp³-hybridized carbons (Fsp3) is 0.118. The van der Waals surface area contributed by atoms with Crippen LogP contribution in [0.2, 0.25) is 10.0 Å². The second-order valence-corrected chi connectivity index (χ2v) is 7.47. The second-order valence-electron chi connectivity index (χ2n) is 5.08. The van der Waals surface area contributed by atoms with E-state index in [9.17, 15) is 0 Å². The van der Waals surface area contributed by atoms with E-state index in [2.05, 4.69) is 41.8 Å². The number of benzene rings is 2. The van der Waals surface area contributed by atoms with Crippen LogP contribution in [0.15, 0.2) is 42.5 Å². The van der Waals surface area contributed by atoms with Crippen LogP contribution in [0.5, 0.6) is 0 Å². The third-order valence-corrected chi connectivity index (χ3v) is 5.60. The molecule has 6 heteroatoms. The van der Waals surface area contributed by atoms with Crippen molar-refractivity contribution in [2.75, 3.05) is 5.32 Å². The predicted octanol–water partition coefficient (Wildman–Crippen LogP) is 6.00. The SMILES string of the molecule is Cc1c(CNC(=S)Nc2ccc(Cl)cc2Cl)sc2ccccc12. The highest BCUT2D eigenvalue weighted by atomic mass is 35.5. The van der Waals surface area contributed by atoms with E-state index in [0.717, 1.165) is 5.69 Å². The van der Waals surface area contributed by atoms with E-state index in [1.165, 1.54) is 20.5 Å². The molecule has 2 aromatic carbocycles. The quantitative estimate of drug-likeness (QED) is 0.544. The molecule has 3 aromatic rings. The number of anilines is 1. The molecular weight excluding hydrogens is 367 g/mol. The van der Waals surface area contributed by atoms with Gasteiger partial charge in [0.15, 0.2) is 5.11 Å². The van der Waals surface area contributed by atoms with Crippen LogP contribution in [0.1, 0.15) is 10.4 Å². The van der Waals surface area contributed by atoms with E-state index in [1.807, 2.05) is 6.07 Å². The zero-order chi connectivity index (χ0) is 16.4. The van der Waals surface area contributed by atoms with Gasteiger partial charge in [-0.05, 0) is 54.4 Å². The average molecular weight is 381 g/mol. The van der Waals surface area contributed by atoms with Gasteiger partial charge in [-0.2, -0.15) is 0 Å². The summed E-state index contributed by atoms with van der Waals surface area (Å²) >= 11 is 19.2. The summed E-state index contributed by atoms with van der Waals surface area (Å²) in [5.41, 5.74) is 2.03. The Kier molecular flexibility index (Phi) is 5.07. The minimum atomic E-state index is 0.533. The van der Waals surface area contributed by atoms with Gasteiger partial charge in [-0.25, -0.2) is 0 Å². The number of hydrogen-bond donors (Lipinski definition) is 2. The lowest BCUT2D eigenvalue weighted by Crippen LogP contribution is -2.27. The maximum Gasteiger partial charge on any atom is 0.171 e. The number of nitrogens with one attached hydrogen (secondary N) is 2. The fourth-order valence-electron chi connectivity index (χ4n) is 2.31. The summed E-state index contributed by atoms with van der Waals surface area (Å²) < 4.78 is 1.29. The monoisotopic (exact) mass is 380 g/mol. The molecule has 118 valence electrons. The molecule has 0 bridgehead atoms. The lowest BCUT2D eigenvalue weighted by Gasteiger charge is -2.11. The van der Waals surface area contributed by atoms with Crippen molar-refractivity contribution < 1.29 is 0 Å². The first kappa shape index (κ1) is 16.5. The Morgan fingerprint density at radius 1 is 1.17 bits per heavy atom. The van der Waals surface area contributed by atoms with Crippen molar-refractivity contribution >= 4 is 67.6 Å². The van der Waals surface area contributed by atoms with Crippen LogP contribution in [0.3, 0.4) is 0 Å². The van der Waals surface area contributed by atoms with Gasteiger partial charge < -0.3 is 10.6 Å².